The first-order chi connectivity index (χ1) is 8.39. The molecule has 1 aliphatic carbocycles. The predicted octanol–water partition coefficient (Wildman–Crippen LogP) is 3.25. The van der Waals surface area contributed by atoms with E-state index in [0.29, 0.717) is 18.8 Å². The minimum absolute atomic E-state index is 0.198. The van der Waals surface area contributed by atoms with Crippen molar-refractivity contribution in [2.45, 2.75) is 56.7 Å². The second-order valence-corrected chi connectivity index (χ2v) is 5.94. The second-order valence-electron chi connectivity index (χ2n) is 5.94. The van der Waals surface area contributed by atoms with Crippen LogP contribution in [0, 0.1) is 11.8 Å². The lowest BCUT2D eigenvalue weighted by Gasteiger charge is -2.40. The number of hydrogen-bond donors (Lipinski definition) is 1. The summed E-state index contributed by atoms with van der Waals surface area (Å²) in [5, 5.41) is 0. The van der Waals surface area contributed by atoms with Crippen molar-refractivity contribution < 1.29 is 17.9 Å². The van der Waals surface area contributed by atoms with E-state index in [1.807, 2.05) is 0 Å². The van der Waals surface area contributed by atoms with Gasteiger partial charge in [-0.3, -0.25) is 0 Å². The molecule has 1 saturated carbocycles. The average Bonchev–Trinajstić information content (AvgIpc) is 2.29. The predicted molar refractivity (Wildman–Crippen MR) is 63.1 cm³/mol. The Labute approximate surface area is 106 Å². The molecule has 2 rings (SSSR count). The lowest BCUT2D eigenvalue weighted by molar-refractivity contribution is -0.185. The third-order valence-electron chi connectivity index (χ3n) is 4.48. The van der Waals surface area contributed by atoms with Gasteiger partial charge in [0.15, 0.2) is 0 Å². The van der Waals surface area contributed by atoms with Crippen LogP contribution in [0.2, 0.25) is 0 Å². The van der Waals surface area contributed by atoms with Crippen LogP contribution in [0.5, 0.6) is 0 Å². The number of hydrogen-bond acceptors (Lipinski definition) is 2. The van der Waals surface area contributed by atoms with Gasteiger partial charge in [-0.05, 0) is 50.9 Å². The highest BCUT2D eigenvalue weighted by Gasteiger charge is 2.44. The number of nitrogens with two attached hydrogens (primary N) is 1. The topological polar surface area (TPSA) is 35.2 Å². The summed E-state index contributed by atoms with van der Waals surface area (Å²) < 4.78 is 43.1. The van der Waals surface area contributed by atoms with Gasteiger partial charge in [0, 0.05) is 18.8 Å². The Hall–Kier alpha value is -0.290. The molecule has 2 fully saturated rings. The van der Waals surface area contributed by atoms with Crippen molar-refractivity contribution in [1.82, 2.24) is 0 Å². The minimum atomic E-state index is -4.04. The van der Waals surface area contributed by atoms with E-state index < -0.39 is 12.1 Å². The summed E-state index contributed by atoms with van der Waals surface area (Å²) >= 11 is 0. The monoisotopic (exact) mass is 265 g/mol. The lowest BCUT2D eigenvalue weighted by Crippen LogP contribution is -2.47. The van der Waals surface area contributed by atoms with Crippen LogP contribution < -0.4 is 5.73 Å². The molecule has 0 aromatic rings. The molecule has 0 radical (unpaired) electrons. The molecule has 1 saturated heterocycles. The van der Waals surface area contributed by atoms with Crippen LogP contribution in [0.25, 0.3) is 0 Å². The zero-order valence-electron chi connectivity index (χ0n) is 10.6. The molecule has 18 heavy (non-hydrogen) atoms. The smallest absolute Gasteiger partial charge is 0.381 e. The molecule has 2 aliphatic rings. The lowest BCUT2D eigenvalue weighted by atomic mass is 9.71. The van der Waals surface area contributed by atoms with Crippen molar-refractivity contribution in [2.24, 2.45) is 17.6 Å². The van der Waals surface area contributed by atoms with Crippen molar-refractivity contribution in [1.29, 1.82) is 0 Å². The van der Waals surface area contributed by atoms with E-state index in [1.165, 1.54) is 0 Å². The highest BCUT2D eigenvalue weighted by Crippen LogP contribution is 2.42. The summed E-state index contributed by atoms with van der Waals surface area (Å²) in [6.45, 7) is 1.54. The van der Waals surface area contributed by atoms with Crippen molar-refractivity contribution in [3.63, 3.8) is 0 Å². The summed E-state index contributed by atoms with van der Waals surface area (Å²) in [7, 11) is 0. The largest absolute Gasteiger partial charge is 0.391 e. The van der Waals surface area contributed by atoms with Crippen LogP contribution in [-0.4, -0.2) is 24.9 Å². The highest BCUT2D eigenvalue weighted by molar-refractivity contribution is 4.93. The van der Waals surface area contributed by atoms with Gasteiger partial charge in [0.2, 0.25) is 0 Å². The Morgan fingerprint density at radius 1 is 1.06 bits per heavy atom. The van der Waals surface area contributed by atoms with Gasteiger partial charge in [-0.1, -0.05) is 0 Å². The summed E-state index contributed by atoms with van der Waals surface area (Å²) in [5.41, 5.74) is 5.92. The Morgan fingerprint density at radius 2 is 1.61 bits per heavy atom. The van der Waals surface area contributed by atoms with Gasteiger partial charge in [0.1, 0.15) is 0 Å². The van der Waals surface area contributed by atoms with Gasteiger partial charge < -0.3 is 10.5 Å². The summed E-state index contributed by atoms with van der Waals surface area (Å²) in [6.07, 6.45) is 0.236. The molecule has 106 valence electrons. The molecule has 0 aromatic carbocycles. The third-order valence-corrected chi connectivity index (χ3v) is 4.48. The fraction of sp³-hybridized carbons (Fsp3) is 1.00. The quantitative estimate of drug-likeness (QED) is 0.831. The fourth-order valence-electron chi connectivity index (χ4n) is 3.25. The molecule has 0 amide bonds. The molecule has 0 aromatic heterocycles. The van der Waals surface area contributed by atoms with E-state index >= 15 is 0 Å². The number of rotatable bonds is 2. The van der Waals surface area contributed by atoms with Gasteiger partial charge in [-0.15, -0.1) is 0 Å². The molecule has 1 aliphatic heterocycles. The van der Waals surface area contributed by atoms with Crippen LogP contribution in [-0.2, 0) is 4.74 Å². The van der Waals surface area contributed by atoms with E-state index in [-0.39, 0.29) is 18.4 Å². The number of halogens is 3. The van der Waals surface area contributed by atoms with Crippen molar-refractivity contribution in [2.75, 3.05) is 13.2 Å². The molecule has 2 nitrogen and oxygen atoms in total. The van der Waals surface area contributed by atoms with Crippen molar-refractivity contribution in [3.8, 4) is 0 Å². The normalized spacial score (nSPS) is 35.7. The first kappa shape index (κ1) is 14.1. The molecular weight excluding hydrogens is 243 g/mol. The Morgan fingerprint density at radius 3 is 2.11 bits per heavy atom. The van der Waals surface area contributed by atoms with E-state index in [0.717, 1.165) is 32.5 Å². The van der Waals surface area contributed by atoms with Crippen LogP contribution in [0.15, 0.2) is 0 Å². The molecule has 0 bridgehead atoms. The highest BCUT2D eigenvalue weighted by atomic mass is 19.4. The Bertz CT molecular complexity index is 266. The van der Waals surface area contributed by atoms with Crippen LogP contribution in [0.4, 0.5) is 13.2 Å². The first-order valence-corrected chi connectivity index (χ1v) is 6.82. The average molecular weight is 265 g/mol. The SMILES string of the molecule is NC1(CC2CCOCC2)CCC(C(F)(F)F)CC1. The Kier molecular flexibility index (Phi) is 4.22. The third kappa shape index (κ3) is 3.60. The van der Waals surface area contributed by atoms with Crippen LogP contribution >= 0.6 is 0 Å². The van der Waals surface area contributed by atoms with E-state index in [4.69, 9.17) is 10.5 Å². The van der Waals surface area contributed by atoms with Crippen LogP contribution in [0.3, 0.4) is 0 Å². The summed E-state index contributed by atoms with van der Waals surface area (Å²) in [5.74, 6) is -0.602. The number of ether oxygens (including phenoxy) is 1. The maximum Gasteiger partial charge on any atom is 0.391 e. The zero-order valence-corrected chi connectivity index (χ0v) is 10.6. The zero-order chi connectivity index (χ0) is 13.2. The maximum atomic E-state index is 12.6. The molecule has 0 spiro atoms. The van der Waals surface area contributed by atoms with Gasteiger partial charge in [0.25, 0.3) is 0 Å². The first-order valence-electron chi connectivity index (χ1n) is 6.82. The van der Waals surface area contributed by atoms with Crippen molar-refractivity contribution >= 4 is 0 Å². The van der Waals surface area contributed by atoms with Gasteiger partial charge in [-0.2, -0.15) is 13.2 Å². The van der Waals surface area contributed by atoms with Gasteiger partial charge in [0.05, 0.1) is 5.92 Å². The standard InChI is InChI=1S/C13H22F3NO/c14-13(15,16)11-1-5-12(17,6-2-11)9-10-3-7-18-8-4-10/h10-11H,1-9,17H2. The second kappa shape index (κ2) is 5.37. The van der Waals surface area contributed by atoms with Gasteiger partial charge in [-0.25, -0.2) is 0 Å². The number of alkyl halides is 3. The molecule has 2 N–H and O–H groups in total. The summed E-state index contributed by atoms with van der Waals surface area (Å²) in [6, 6.07) is 0. The van der Waals surface area contributed by atoms with Crippen LogP contribution in [0.1, 0.15) is 44.9 Å². The molecular formula is C13H22F3NO. The summed E-state index contributed by atoms with van der Waals surface area (Å²) in [4.78, 5) is 0. The Balaban J connectivity index is 1.83. The van der Waals surface area contributed by atoms with E-state index in [9.17, 15) is 13.2 Å². The van der Waals surface area contributed by atoms with Crippen molar-refractivity contribution in [3.05, 3.63) is 0 Å². The molecule has 0 atom stereocenters. The molecule has 5 heteroatoms. The van der Waals surface area contributed by atoms with E-state index in [1.54, 1.807) is 0 Å². The molecule has 1 heterocycles. The van der Waals surface area contributed by atoms with Gasteiger partial charge >= 0.3 is 6.18 Å². The minimum Gasteiger partial charge on any atom is -0.381 e. The molecule has 0 unspecified atom stereocenters. The maximum absolute atomic E-state index is 12.6. The van der Waals surface area contributed by atoms with E-state index in [2.05, 4.69) is 0 Å². The fourth-order valence-corrected chi connectivity index (χ4v) is 3.25.